The van der Waals surface area contributed by atoms with Crippen LogP contribution in [0.5, 0.6) is 0 Å². The first kappa shape index (κ1) is 12.7. The first-order valence-electron chi connectivity index (χ1n) is 3.81. The van der Waals surface area contributed by atoms with Gasteiger partial charge in [0, 0.05) is 6.54 Å². The highest BCUT2D eigenvalue weighted by Crippen LogP contribution is 2.03. The molecule has 7 heteroatoms. The fraction of sp³-hybridized carbons (Fsp3) is 1.00. The molecular formula is C6H16N2O5. The Morgan fingerprint density at radius 1 is 1.00 bits per heavy atom. The van der Waals surface area contributed by atoms with Gasteiger partial charge < -0.3 is 25.5 Å². The molecule has 0 rings (SSSR count). The van der Waals surface area contributed by atoms with Gasteiger partial charge in [-0.1, -0.05) is 0 Å². The minimum Gasteiger partial charge on any atom is -0.394 e. The Morgan fingerprint density at radius 2 is 1.46 bits per heavy atom. The number of aliphatic hydroxyl groups is 5. The number of nitrogens with two attached hydrogens (primary N) is 1. The van der Waals surface area contributed by atoms with Crippen LogP contribution in [0.2, 0.25) is 0 Å². The zero-order chi connectivity index (χ0) is 10.4. The van der Waals surface area contributed by atoms with Crippen LogP contribution in [-0.2, 0) is 0 Å². The lowest BCUT2D eigenvalue weighted by molar-refractivity contribution is -0.113. The SMILES string of the molecule is NNC[C@@H](O)[C@@H](O)[C@@H](O)[C@H](O)CO. The van der Waals surface area contributed by atoms with E-state index >= 15 is 0 Å². The van der Waals surface area contributed by atoms with Crippen molar-refractivity contribution < 1.29 is 25.5 Å². The molecule has 0 aliphatic carbocycles. The molecule has 0 bridgehead atoms. The first-order chi connectivity index (χ1) is 6.04. The van der Waals surface area contributed by atoms with Crippen molar-refractivity contribution in [3.63, 3.8) is 0 Å². The minimum atomic E-state index is -1.60. The average Bonchev–Trinajstić information content (AvgIpc) is 2.14. The van der Waals surface area contributed by atoms with E-state index in [1.807, 2.05) is 0 Å². The highest BCUT2D eigenvalue weighted by molar-refractivity contribution is 4.80. The number of aliphatic hydroxyl groups excluding tert-OH is 5. The summed E-state index contributed by atoms with van der Waals surface area (Å²) in [6.45, 7) is -0.822. The lowest BCUT2D eigenvalue weighted by Crippen LogP contribution is -2.49. The van der Waals surface area contributed by atoms with Gasteiger partial charge >= 0.3 is 0 Å². The van der Waals surface area contributed by atoms with E-state index in [-0.39, 0.29) is 6.54 Å². The van der Waals surface area contributed by atoms with Gasteiger partial charge in [-0.2, -0.15) is 0 Å². The second-order valence-corrected chi connectivity index (χ2v) is 2.71. The van der Waals surface area contributed by atoms with Crippen molar-refractivity contribution in [3.8, 4) is 0 Å². The third-order valence-corrected chi connectivity index (χ3v) is 1.65. The number of nitrogens with one attached hydrogen (secondary N) is 1. The van der Waals surface area contributed by atoms with E-state index in [0.29, 0.717) is 0 Å². The van der Waals surface area contributed by atoms with E-state index in [0.717, 1.165) is 0 Å². The van der Waals surface area contributed by atoms with Crippen LogP contribution >= 0.6 is 0 Å². The Hall–Kier alpha value is -0.280. The molecular weight excluding hydrogens is 180 g/mol. The van der Waals surface area contributed by atoms with Crippen LogP contribution in [0.3, 0.4) is 0 Å². The van der Waals surface area contributed by atoms with E-state index in [1.54, 1.807) is 0 Å². The van der Waals surface area contributed by atoms with Crippen LogP contribution in [0.4, 0.5) is 0 Å². The molecule has 8 N–H and O–H groups in total. The summed E-state index contributed by atoms with van der Waals surface area (Å²) in [7, 11) is 0. The first-order valence-corrected chi connectivity index (χ1v) is 3.81. The Balaban J connectivity index is 3.99. The van der Waals surface area contributed by atoms with Gasteiger partial charge in [-0.15, -0.1) is 0 Å². The molecule has 0 radical (unpaired) electrons. The van der Waals surface area contributed by atoms with Gasteiger partial charge in [0.2, 0.25) is 0 Å². The van der Waals surface area contributed by atoms with E-state index in [1.165, 1.54) is 0 Å². The van der Waals surface area contributed by atoms with Crippen LogP contribution < -0.4 is 11.3 Å². The molecule has 80 valence electrons. The molecule has 13 heavy (non-hydrogen) atoms. The van der Waals surface area contributed by atoms with Crippen molar-refractivity contribution in [3.05, 3.63) is 0 Å². The smallest absolute Gasteiger partial charge is 0.111 e. The molecule has 0 saturated heterocycles. The van der Waals surface area contributed by atoms with Gasteiger partial charge in [-0.3, -0.25) is 11.3 Å². The van der Waals surface area contributed by atoms with E-state index in [2.05, 4.69) is 5.43 Å². The third-order valence-electron chi connectivity index (χ3n) is 1.65. The molecule has 0 aromatic heterocycles. The molecule has 0 amide bonds. The Bertz CT molecular complexity index is 136. The number of hydrazine groups is 1. The Labute approximate surface area is 75.4 Å². The van der Waals surface area contributed by atoms with Gasteiger partial charge in [0.15, 0.2) is 0 Å². The van der Waals surface area contributed by atoms with Crippen LogP contribution in [-0.4, -0.2) is 63.1 Å². The van der Waals surface area contributed by atoms with Gasteiger partial charge in [0.25, 0.3) is 0 Å². The van der Waals surface area contributed by atoms with Crippen molar-refractivity contribution >= 4 is 0 Å². The van der Waals surface area contributed by atoms with Crippen LogP contribution in [0.1, 0.15) is 0 Å². The fourth-order valence-corrected chi connectivity index (χ4v) is 0.805. The number of rotatable bonds is 6. The highest BCUT2D eigenvalue weighted by Gasteiger charge is 2.29. The summed E-state index contributed by atoms with van der Waals surface area (Å²) >= 11 is 0. The maximum Gasteiger partial charge on any atom is 0.111 e. The molecule has 0 aliphatic heterocycles. The second kappa shape index (κ2) is 6.22. The van der Waals surface area contributed by atoms with Crippen molar-refractivity contribution in [1.82, 2.24) is 5.43 Å². The predicted octanol–water partition coefficient (Wildman–Crippen LogP) is -4.11. The zero-order valence-corrected chi connectivity index (χ0v) is 7.04. The summed E-state index contributed by atoms with van der Waals surface area (Å²) in [4.78, 5) is 0. The van der Waals surface area contributed by atoms with Gasteiger partial charge in [0.1, 0.15) is 18.3 Å². The molecule has 0 heterocycles. The average molecular weight is 196 g/mol. The van der Waals surface area contributed by atoms with E-state index < -0.39 is 31.0 Å². The summed E-state index contributed by atoms with van der Waals surface area (Å²) < 4.78 is 0. The standard InChI is InChI=1S/C6H16N2O5/c7-8-1-3(10)5(12)6(13)4(11)2-9/h3-6,8-13H,1-2,7H2/t3-,4-,5-,6+/m1/s1. The normalized spacial score (nSPS) is 20.8. The van der Waals surface area contributed by atoms with Crippen LogP contribution in [0, 0.1) is 0 Å². The summed E-state index contributed by atoms with van der Waals surface area (Å²) in [5.41, 5.74) is 2.09. The lowest BCUT2D eigenvalue weighted by Gasteiger charge is -2.25. The van der Waals surface area contributed by atoms with Crippen LogP contribution in [0.15, 0.2) is 0 Å². The van der Waals surface area contributed by atoms with Crippen molar-refractivity contribution in [2.45, 2.75) is 24.4 Å². The second-order valence-electron chi connectivity index (χ2n) is 2.71. The monoisotopic (exact) mass is 196 g/mol. The van der Waals surface area contributed by atoms with Gasteiger partial charge in [0.05, 0.1) is 12.7 Å². The minimum absolute atomic E-state index is 0.129. The van der Waals surface area contributed by atoms with Gasteiger partial charge in [-0.25, -0.2) is 0 Å². The summed E-state index contributed by atoms with van der Waals surface area (Å²) in [5.74, 6) is 4.86. The van der Waals surface area contributed by atoms with Crippen LogP contribution in [0.25, 0.3) is 0 Å². The predicted molar refractivity (Wildman–Crippen MR) is 43.3 cm³/mol. The molecule has 0 aromatic rings. The van der Waals surface area contributed by atoms with Crippen molar-refractivity contribution in [2.75, 3.05) is 13.2 Å². The number of hydrogen-bond acceptors (Lipinski definition) is 7. The number of hydrogen-bond donors (Lipinski definition) is 7. The summed E-state index contributed by atoms with van der Waals surface area (Å²) in [6.07, 6.45) is -5.95. The Kier molecular flexibility index (Phi) is 6.08. The Morgan fingerprint density at radius 3 is 1.85 bits per heavy atom. The van der Waals surface area contributed by atoms with Crippen molar-refractivity contribution in [2.24, 2.45) is 5.84 Å². The summed E-state index contributed by atoms with van der Waals surface area (Å²) in [5, 5.41) is 44.6. The maximum atomic E-state index is 9.15. The van der Waals surface area contributed by atoms with Crippen molar-refractivity contribution in [1.29, 1.82) is 0 Å². The molecule has 0 saturated carbocycles. The highest BCUT2D eigenvalue weighted by atomic mass is 16.4. The zero-order valence-electron chi connectivity index (χ0n) is 7.04. The molecule has 0 unspecified atom stereocenters. The molecule has 0 aliphatic rings. The third kappa shape index (κ3) is 3.96. The quantitative estimate of drug-likeness (QED) is 0.169. The van der Waals surface area contributed by atoms with E-state index in [9.17, 15) is 0 Å². The lowest BCUT2D eigenvalue weighted by atomic mass is 10.0. The summed E-state index contributed by atoms with van der Waals surface area (Å²) in [6, 6.07) is 0. The maximum absolute atomic E-state index is 9.15. The molecule has 0 fully saturated rings. The molecule has 7 nitrogen and oxygen atoms in total. The largest absolute Gasteiger partial charge is 0.394 e. The topological polar surface area (TPSA) is 139 Å². The molecule has 0 spiro atoms. The molecule has 0 aromatic carbocycles. The molecule has 4 atom stereocenters. The fourth-order valence-electron chi connectivity index (χ4n) is 0.805. The van der Waals surface area contributed by atoms with Gasteiger partial charge in [-0.05, 0) is 0 Å². The van der Waals surface area contributed by atoms with E-state index in [4.69, 9.17) is 31.4 Å².